The van der Waals surface area contributed by atoms with Crippen LogP contribution in [-0.4, -0.2) is 22.9 Å². The standard InChI is InChI=1S/C17H14Cl3NO3S/c18-10-3-4-15(24-7-9-1-2-11(19)6-13(9)20)12(5-10)16-21-14(8-25-16)17(22)23/h1-6,14,16,21H,7-8H2,(H,22,23). The summed E-state index contributed by atoms with van der Waals surface area (Å²) in [5.74, 6) is 0.244. The van der Waals surface area contributed by atoms with Crippen LogP contribution >= 0.6 is 46.6 Å². The van der Waals surface area contributed by atoms with E-state index in [2.05, 4.69) is 5.32 Å². The van der Waals surface area contributed by atoms with Gasteiger partial charge < -0.3 is 9.84 Å². The molecule has 0 aromatic heterocycles. The molecule has 1 heterocycles. The van der Waals surface area contributed by atoms with Crippen molar-refractivity contribution in [3.8, 4) is 5.75 Å². The molecule has 0 bridgehead atoms. The van der Waals surface area contributed by atoms with E-state index in [1.54, 1.807) is 30.3 Å². The molecular formula is C17H14Cl3NO3S. The van der Waals surface area contributed by atoms with Gasteiger partial charge in [0.25, 0.3) is 0 Å². The number of halogens is 3. The number of rotatable bonds is 5. The van der Waals surface area contributed by atoms with Crippen LogP contribution in [0.2, 0.25) is 15.1 Å². The van der Waals surface area contributed by atoms with Crippen LogP contribution in [0.4, 0.5) is 0 Å². The van der Waals surface area contributed by atoms with Gasteiger partial charge in [0, 0.05) is 31.9 Å². The van der Waals surface area contributed by atoms with Crippen molar-refractivity contribution in [2.24, 2.45) is 0 Å². The second kappa shape index (κ2) is 8.06. The van der Waals surface area contributed by atoms with E-state index in [1.807, 2.05) is 6.07 Å². The first-order valence-electron chi connectivity index (χ1n) is 7.40. The topological polar surface area (TPSA) is 58.6 Å². The van der Waals surface area contributed by atoms with Crippen LogP contribution in [-0.2, 0) is 11.4 Å². The molecule has 0 saturated carbocycles. The molecule has 0 aliphatic carbocycles. The van der Waals surface area contributed by atoms with Crippen LogP contribution in [0.25, 0.3) is 0 Å². The van der Waals surface area contributed by atoms with Crippen molar-refractivity contribution < 1.29 is 14.6 Å². The Kier molecular flexibility index (Phi) is 6.02. The van der Waals surface area contributed by atoms with Gasteiger partial charge >= 0.3 is 5.97 Å². The molecule has 1 saturated heterocycles. The molecule has 3 rings (SSSR count). The van der Waals surface area contributed by atoms with E-state index in [0.29, 0.717) is 26.6 Å². The molecular weight excluding hydrogens is 405 g/mol. The molecule has 1 aliphatic rings. The quantitative estimate of drug-likeness (QED) is 0.714. The average Bonchev–Trinajstić information content (AvgIpc) is 3.05. The van der Waals surface area contributed by atoms with Gasteiger partial charge in [0.05, 0.1) is 5.37 Å². The fourth-order valence-corrected chi connectivity index (χ4v) is 4.33. The molecule has 2 unspecified atom stereocenters. The Morgan fingerprint density at radius 1 is 1.20 bits per heavy atom. The molecule has 0 spiro atoms. The minimum Gasteiger partial charge on any atom is -0.488 e. The lowest BCUT2D eigenvalue weighted by atomic mass is 10.1. The molecule has 2 aromatic rings. The van der Waals surface area contributed by atoms with Gasteiger partial charge in [0.15, 0.2) is 0 Å². The summed E-state index contributed by atoms with van der Waals surface area (Å²) in [4.78, 5) is 11.1. The zero-order valence-corrected chi connectivity index (χ0v) is 15.9. The van der Waals surface area contributed by atoms with Crippen molar-refractivity contribution >= 4 is 52.5 Å². The minimum atomic E-state index is -0.868. The second-order valence-corrected chi connectivity index (χ2v) is 7.90. The SMILES string of the molecule is O=C(O)C1CSC(c2cc(Cl)ccc2OCc2ccc(Cl)cc2Cl)N1. The third-order valence-corrected chi connectivity index (χ3v) is 5.80. The number of benzene rings is 2. The zero-order chi connectivity index (χ0) is 18.0. The van der Waals surface area contributed by atoms with Gasteiger partial charge in [-0.15, -0.1) is 11.8 Å². The maximum Gasteiger partial charge on any atom is 0.321 e. The van der Waals surface area contributed by atoms with Crippen molar-refractivity contribution in [1.82, 2.24) is 5.32 Å². The summed E-state index contributed by atoms with van der Waals surface area (Å²) in [6.07, 6.45) is 0. The molecule has 25 heavy (non-hydrogen) atoms. The van der Waals surface area contributed by atoms with E-state index in [9.17, 15) is 4.79 Å². The maximum atomic E-state index is 11.1. The summed E-state index contributed by atoms with van der Waals surface area (Å²) in [6, 6.07) is 9.93. The van der Waals surface area contributed by atoms with Crippen molar-refractivity contribution in [2.45, 2.75) is 18.0 Å². The number of thioether (sulfide) groups is 1. The summed E-state index contributed by atoms with van der Waals surface area (Å²) in [6.45, 7) is 0.268. The Balaban J connectivity index is 1.79. The zero-order valence-electron chi connectivity index (χ0n) is 12.8. The number of carbonyl (C=O) groups is 1. The lowest BCUT2D eigenvalue weighted by molar-refractivity contribution is -0.138. The van der Waals surface area contributed by atoms with E-state index in [1.165, 1.54) is 11.8 Å². The summed E-state index contributed by atoms with van der Waals surface area (Å²) in [5, 5.41) is 13.7. The number of aliphatic carboxylic acids is 1. The largest absolute Gasteiger partial charge is 0.488 e. The number of ether oxygens (including phenoxy) is 1. The van der Waals surface area contributed by atoms with Gasteiger partial charge in [-0.1, -0.05) is 40.9 Å². The highest BCUT2D eigenvalue weighted by molar-refractivity contribution is 7.99. The monoisotopic (exact) mass is 417 g/mol. The van der Waals surface area contributed by atoms with E-state index in [4.69, 9.17) is 44.6 Å². The fourth-order valence-electron chi connectivity index (χ4n) is 2.44. The third-order valence-electron chi connectivity index (χ3n) is 3.73. The summed E-state index contributed by atoms with van der Waals surface area (Å²) in [5.41, 5.74) is 1.62. The lowest BCUT2D eigenvalue weighted by Crippen LogP contribution is -2.33. The Morgan fingerprint density at radius 2 is 1.92 bits per heavy atom. The molecule has 2 N–H and O–H groups in total. The highest BCUT2D eigenvalue weighted by Gasteiger charge is 2.32. The third kappa shape index (κ3) is 4.54. The number of hydrogen-bond donors (Lipinski definition) is 2. The first-order chi connectivity index (χ1) is 11.9. The van der Waals surface area contributed by atoms with Crippen LogP contribution < -0.4 is 10.1 Å². The smallest absolute Gasteiger partial charge is 0.321 e. The van der Waals surface area contributed by atoms with Crippen LogP contribution in [0.1, 0.15) is 16.5 Å². The van der Waals surface area contributed by atoms with Crippen LogP contribution in [0.5, 0.6) is 5.75 Å². The number of hydrogen-bond acceptors (Lipinski definition) is 4. The Labute approximate surface area is 164 Å². The molecule has 0 amide bonds. The molecule has 2 aromatic carbocycles. The van der Waals surface area contributed by atoms with Crippen molar-refractivity contribution in [1.29, 1.82) is 0 Å². The Morgan fingerprint density at radius 3 is 2.60 bits per heavy atom. The molecule has 8 heteroatoms. The molecule has 1 fully saturated rings. The van der Waals surface area contributed by atoms with Gasteiger partial charge in [-0.25, -0.2) is 0 Å². The van der Waals surface area contributed by atoms with E-state index in [0.717, 1.165) is 11.1 Å². The van der Waals surface area contributed by atoms with Crippen LogP contribution in [0.15, 0.2) is 36.4 Å². The average molecular weight is 419 g/mol. The van der Waals surface area contributed by atoms with Crippen molar-refractivity contribution in [3.63, 3.8) is 0 Å². The number of carboxylic acids is 1. The van der Waals surface area contributed by atoms with E-state index in [-0.39, 0.29) is 12.0 Å². The Bertz CT molecular complexity index is 803. The van der Waals surface area contributed by atoms with Gasteiger partial charge in [-0.3, -0.25) is 10.1 Å². The fraction of sp³-hybridized carbons (Fsp3) is 0.235. The highest BCUT2D eigenvalue weighted by Crippen LogP contribution is 2.39. The lowest BCUT2D eigenvalue weighted by Gasteiger charge is -2.17. The number of nitrogens with one attached hydrogen (secondary N) is 1. The maximum absolute atomic E-state index is 11.1. The Hall–Kier alpha value is -1.11. The van der Waals surface area contributed by atoms with Gasteiger partial charge in [0.1, 0.15) is 18.4 Å². The molecule has 4 nitrogen and oxygen atoms in total. The number of carboxylic acid groups (broad SMARTS) is 1. The van der Waals surface area contributed by atoms with E-state index >= 15 is 0 Å². The van der Waals surface area contributed by atoms with Crippen LogP contribution in [0.3, 0.4) is 0 Å². The second-order valence-electron chi connectivity index (χ2n) is 5.48. The predicted octanol–water partition coefficient (Wildman–Crippen LogP) is 5.01. The predicted molar refractivity (Wildman–Crippen MR) is 102 cm³/mol. The van der Waals surface area contributed by atoms with Gasteiger partial charge in [0.2, 0.25) is 0 Å². The van der Waals surface area contributed by atoms with Gasteiger partial charge in [-0.2, -0.15) is 0 Å². The van der Waals surface area contributed by atoms with Crippen molar-refractivity contribution in [2.75, 3.05) is 5.75 Å². The van der Waals surface area contributed by atoms with Crippen molar-refractivity contribution in [3.05, 3.63) is 62.6 Å². The highest BCUT2D eigenvalue weighted by atomic mass is 35.5. The molecule has 2 atom stereocenters. The molecule has 0 radical (unpaired) electrons. The summed E-state index contributed by atoms with van der Waals surface area (Å²) in [7, 11) is 0. The van der Waals surface area contributed by atoms with Gasteiger partial charge in [-0.05, 0) is 30.3 Å². The normalized spacial score (nSPS) is 19.8. The first kappa shape index (κ1) is 18.7. The summed E-state index contributed by atoms with van der Waals surface area (Å²) >= 11 is 19.7. The minimum absolute atomic E-state index is 0.199. The van der Waals surface area contributed by atoms with Crippen LogP contribution in [0, 0.1) is 0 Å². The molecule has 1 aliphatic heterocycles. The first-order valence-corrected chi connectivity index (χ1v) is 9.59. The summed E-state index contributed by atoms with van der Waals surface area (Å²) < 4.78 is 5.92. The van der Waals surface area contributed by atoms with E-state index < -0.39 is 12.0 Å². The molecule has 132 valence electrons.